The topological polar surface area (TPSA) is 49.5 Å². The van der Waals surface area contributed by atoms with Crippen molar-refractivity contribution in [3.63, 3.8) is 0 Å². The van der Waals surface area contributed by atoms with E-state index >= 15 is 0 Å². The minimum atomic E-state index is -0.451. The van der Waals surface area contributed by atoms with Crippen molar-refractivity contribution in [3.8, 4) is 0 Å². The summed E-state index contributed by atoms with van der Waals surface area (Å²) < 4.78 is 1.08. The van der Waals surface area contributed by atoms with E-state index < -0.39 is 5.54 Å². The molecule has 0 amide bonds. The van der Waals surface area contributed by atoms with Gasteiger partial charge in [-0.2, -0.15) is 0 Å². The van der Waals surface area contributed by atoms with E-state index in [2.05, 4.69) is 26.9 Å². The fourth-order valence-corrected chi connectivity index (χ4v) is 2.74. The van der Waals surface area contributed by atoms with Gasteiger partial charge in [-0.25, -0.2) is 0 Å². The average molecular weight is 285 g/mol. The lowest BCUT2D eigenvalue weighted by molar-refractivity contribution is 0.177. The standard InChI is InChI=1S/C12H17BrN2O/c13-10-4-1-2-5-11(10)15-7-3-6-12(14,8-15)9-16/h1-2,4-5,16H,3,6-9,14H2. The van der Waals surface area contributed by atoms with Gasteiger partial charge >= 0.3 is 0 Å². The second-order valence-electron chi connectivity index (χ2n) is 4.50. The first-order valence-electron chi connectivity index (χ1n) is 5.54. The number of rotatable bonds is 2. The molecule has 0 saturated carbocycles. The van der Waals surface area contributed by atoms with Crippen molar-refractivity contribution in [2.45, 2.75) is 18.4 Å². The second kappa shape index (κ2) is 4.73. The lowest BCUT2D eigenvalue weighted by atomic mass is 9.91. The van der Waals surface area contributed by atoms with Crippen LogP contribution >= 0.6 is 15.9 Å². The zero-order valence-corrected chi connectivity index (χ0v) is 10.8. The maximum absolute atomic E-state index is 9.32. The molecule has 1 aliphatic heterocycles. The predicted molar refractivity (Wildman–Crippen MR) is 69.6 cm³/mol. The van der Waals surface area contributed by atoms with Crippen LogP contribution in [0, 0.1) is 0 Å². The third-order valence-corrected chi connectivity index (χ3v) is 3.79. The molecule has 0 spiro atoms. The number of anilines is 1. The number of hydrogen-bond donors (Lipinski definition) is 2. The fourth-order valence-electron chi connectivity index (χ4n) is 2.20. The summed E-state index contributed by atoms with van der Waals surface area (Å²) in [6.45, 7) is 1.77. The number of hydrogen-bond acceptors (Lipinski definition) is 3. The minimum Gasteiger partial charge on any atom is -0.394 e. The SMILES string of the molecule is NC1(CO)CCCN(c2ccccc2Br)C1. The van der Waals surface area contributed by atoms with Crippen LogP contribution in [0.25, 0.3) is 0 Å². The maximum atomic E-state index is 9.32. The summed E-state index contributed by atoms with van der Waals surface area (Å²) in [5.41, 5.74) is 6.84. The Kier molecular flexibility index (Phi) is 3.52. The Morgan fingerprint density at radius 2 is 2.19 bits per heavy atom. The van der Waals surface area contributed by atoms with Gasteiger partial charge < -0.3 is 15.7 Å². The van der Waals surface area contributed by atoms with E-state index in [4.69, 9.17) is 5.73 Å². The molecule has 0 aliphatic carbocycles. The number of aliphatic hydroxyl groups excluding tert-OH is 1. The van der Waals surface area contributed by atoms with Gasteiger partial charge in [0.05, 0.1) is 17.8 Å². The molecule has 4 heteroatoms. The van der Waals surface area contributed by atoms with E-state index in [-0.39, 0.29) is 6.61 Å². The zero-order chi connectivity index (χ0) is 11.6. The van der Waals surface area contributed by atoms with Crippen LogP contribution in [0.15, 0.2) is 28.7 Å². The Balaban J connectivity index is 2.19. The van der Waals surface area contributed by atoms with Crippen molar-refractivity contribution >= 4 is 21.6 Å². The van der Waals surface area contributed by atoms with Gasteiger partial charge in [0.25, 0.3) is 0 Å². The molecule has 1 saturated heterocycles. The smallest absolute Gasteiger partial charge is 0.0628 e. The second-order valence-corrected chi connectivity index (χ2v) is 5.35. The molecule has 16 heavy (non-hydrogen) atoms. The molecular weight excluding hydrogens is 268 g/mol. The van der Waals surface area contributed by atoms with Crippen LogP contribution in [0.4, 0.5) is 5.69 Å². The predicted octanol–water partition coefficient (Wildman–Crippen LogP) is 1.74. The third kappa shape index (κ3) is 2.39. The van der Waals surface area contributed by atoms with Gasteiger partial charge in [0.2, 0.25) is 0 Å². The van der Waals surface area contributed by atoms with Gasteiger partial charge in [-0.05, 0) is 40.9 Å². The van der Waals surface area contributed by atoms with Gasteiger partial charge in [0.15, 0.2) is 0 Å². The van der Waals surface area contributed by atoms with Gasteiger partial charge in [-0.1, -0.05) is 12.1 Å². The molecule has 3 N–H and O–H groups in total. The molecule has 88 valence electrons. The summed E-state index contributed by atoms with van der Waals surface area (Å²) in [6.07, 6.45) is 1.92. The molecule has 1 aliphatic rings. The molecule has 0 bridgehead atoms. The summed E-state index contributed by atoms with van der Waals surface area (Å²) in [5, 5.41) is 9.32. The number of aliphatic hydroxyl groups is 1. The van der Waals surface area contributed by atoms with E-state index in [1.807, 2.05) is 18.2 Å². The first-order chi connectivity index (χ1) is 7.64. The quantitative estimate of drug-likeness (QED) is 0.870. The van der Waals surface area contributed by atoms with E-state index in [0.29, 0.717) is 6.54 Å². The van der Waals surface area contributed by atoms with Crippen molar-refractivity contribution in [1.82, 2.24) is 0 Å². The Morgan fingerprint density at radius 3 is 2.88 bits per heavy atom. The molecule has 1 heterocycles. The molecule has 0 aromatic heterocycles. The van der Waals surface area contributed by atoms with Crippen LogP contribution in [0.5, 0.6) is 0 Å². The van der Waals surface area contributed by atoms with Crippen molar-refractivity contribution in [2.24, 2.45) is 5.73 Å². The van der Waals surface area contributed by atoms with Crippen LogP contribution in [0.1, 0.15) is 12.8 Å². The normalized spacial score (nSPS) is 25.8. The number of benzene rings is 1. The highest BCUT2D eigenvalue weighted by Gasteiger charge is 2.31. The van der Waals surface area contributed by atoms with Crippen LogP contribution in [0.2, 0.25) is 0 Å². The average Bonchev–Trinajstić information content (AvgIpc) is 2.30. The summed E-state index contributed by atoms with van der Waals surface area (Å²) in [6, 6.07) is 8.12. The van der Waals surface area contributed by atoms with E-state index in [1.165, 1.54) is 0 Å². The Hall–Kier alpha value is -0.580. The van der Waals surface area contributed by atoms with Crippen LogP contribution in [0.3, 0.4) is 0 Å². The van der Waals surface area contributed by atoms with Crippen LogP contribution in [-0.2, 0) is 0 Å². The highest BCUT2D eigenvalue weighted by Crippen LogP contribution is 2.30. The lowest BCUT2D eigenvalue weighted by Crippen LogP contribution is -2.56. The highest BCUT2D eigenvalue weighted by atomic mass is 79.9. The molecule has 1 aromatic rings. The molecule has 1 unspecified atom stereocenters. The number of nitrogens with zero attached hydrogens (tertiary/aromatic N) is 1. The van der Waals surface area contributed by atoms with E-state index in [1.54, 1.807) is 0 Å². The third-order valence-electron chi connectivity index (χ3n) is 3.12. The number of halogens is 1. The monoisotopic (exact) mass is 284 g/mol. The summed E-state index contributed by atoms with van der Waals surface area (Å²) in [5.74, 6) is 0. The molecule has 1 fully saturated rings. The lowest BCUT2D eigenvalue weighted by Gasteiger charge is -2.40. The Bertz CT molecular complexity index is 372. The number of piperidine rings is 1. The highest BCUT2D eigenvalue weighted by molar-refractivity contribution is 9.10. The molecular formula is C12H17BrN2O. The largest absolute Gasteiger partial charge is 0.394 e. The van der Waals surface area contributed by atoms with Gasteiger partial charge in [-0.3, -0.25) is 0 Å². The first kappa shape index (κ1) is 11.9. The van der Waals surface area contributed by atoms with Crippen LogP contribution in [-0.4, -0.2) is 30.3 Å². The fraction of sp³-hybridized carbons (Fsp3) is 0.500. The van der Waals surface area contributed by atoms with Crippen molar-refractivity contribution in [2.75, 3.05) is 24.6 Å². The first-order valence-corrected chi connectivity index (χ1v) is 6.33. The van der Waals surface area contributed by atoms with Gasteiger partial charge in [0.1, 0.15) is 0 Å². The Morgan fingerprint density at radius 1 is 1.44 bits per heavy atom. The molecule has 0 radical (unpaired) electrons. The maximum Gasteiger partial charge on any atom is 0.0628 e. The molecule has 3 nitrogen and oxygen atoms in total. The number of nitrogens with two attached hydrogens (primary N) is 1. The minimum absolute atomic E-state index is 0.0496. The van der Waals surface area contributed by atoms with Crippen molar-refractivity contribution in [3.05, 3.63) is 28.7 Å². The molecule has 1 atom stereocenters. The van der Waals surface area contributed by atoms with E-state index in [0.717, 1.165) is 29.5 Å². The van der Waals surface area contributed by atoms with Crippen molar-refractivity contribution in [1.29, 1.82) is 0 Å². The number of para-hydroxylation sites is 1. The summed E-state index contributed by atoms with van der Waals surface area (Å²) in [4.78, 5) is 2.24. The molecule has 1 aromatic carbocycles. The Labute approximate surface area is 104 Å². The summed E-state index contributed by atoms with van der Waals surface area (Å²) >= 11 is 3.55. The molecule has 2 rings (SSSR count). The van der Waals surface area contributed by atoms with Crippen LogP contribution < -0.4 is 10.6 Å². The zero-order valence-electron chi connectivity index (χ0n) is 9.19. The van der Waals surface area contributed by atoms with E-state index in [9.17, 15) is 5.11 Å². The summed E-state index contributed by atoms with van der Waals surface area (Å²) in [7, 11) is 0. The van der Waals surface area contributed by atoms with Crippen molar-refractivity contribution < 1.29 is 5.11 Å². The van der Waals surface area contributed by atoms with Gasteiger partial charge in [-0.15, -0.1) is 0 Å². The van der Waals surface area contributed by atoms with Gasteiger partial charge in [0, 0.05) is 17.6 Å².